The molecule has 1 aromatic carbocycles. The molecule has 7 nitrogen and oxygen atoms in total. The van der Waals surface area contributed by atoms with Crippen LogP contribution in [-0.2, 0) is 4.79 Å². The molecule has 110 valence electrons. The average Bonchev–Trinajstić information content (AvgIpc) is 2.38. The fraction of sp³-hybridized carbons (Fsp3) is 0.286. The lowest BCUT2D eigenvalue weighted by Crippen LogP contribution is -2.40. The molecule has 0 atom stereocenters. The van der Waals surface area contributed by atoms with Gasteiger partial charge in [0.2, 0.25) is 0 Å². The van der Waals surface area contributed by atoms with Gasteiger partial charge in [-0.3, -0.25) is 15.1 Å². The van der Waals surface area contributed by atoms with E-state index in [-0.39, 0.29) is 5.69 Å². The van der Waals surface area contributed by atoms with Gasteiger partial charge in [0.15, 0.2) is 0 Å². The van der Waals surface area contributed by atoms with Gasteiger partial charge < -0.3 is 10.4 Å². The van der Waals surface area contributed by atoms with Crippen LogP contribution in [0, 0.1) is 17.0 Å². The van der Waals surface area contributed by atoms with Crippen LogP contribution in [0.3, 0.4) is 0 Å². The van der Waals surface area contributed by atoms with Crippen LogP contribution in [0.5, 0.6) is 0 Å². The number of benzene rings is 1. The molecular weight excluding hydrogens is 274 g/mol. The Morgan fingerprint density at radius 3 is 2.62 bits per heavy atom. The fourth-order valence-corrected chi connectivity index (χ4v) is 1.99. The van der Waals surface area contributed by atoms with E-state index >= 15 is 0 Å². The van der Waals surface area contributed by atoms with Crippen molar-refractivity contribution < 1.29 is 14.8 Å². The Labute approximate surface area is 120 Å². The predicted molar refractivity (Wildman–Crippen MR) is 78.5 cm³/mol. The summed E-state index contributed by atoms with van der Waals surface area (Å²) in [6.45, 7) is 4.82. The van der Waals surface area contributed by atoms with Crippen molar-refractivity contribution in [3.63, 3.8) is 0 Å². The molecule has 2 rings (SSSR count). The molecule has 0 fully saturated rings. The van der Waals surface area contributed by atoms with E-state index in [1.54, 1.807) is 13.0 Å². The summed E-state index contributed by atoms with van der Waals surface area (Å²) in [5.74, 6) is -1.01. The van der Waals surface area contributed by atoms with Gasteiger partial charge >= 0.3 is 5.97 Å². The first-order valence-electron chi connectivity index (χ1n) is 6.28. The van der Waals surface area contributed by atoms with Crippen molar-refractivity contribution in [2.75, 3.05) is 5.32 Å². The van der Waals surface area contributed by atoms with Crippen LogP contribution in [0.4, 0.5) is 11.4 Å². The number of carboxylic acids is 1. The van der Waals surface area contributed by atoms with Gasteiger partial charge in [-0.05, 0) is 32.9 Å². The number of nitro groups is 1. The molecule has 0 unspecified atom stereocenters. The summed E-state index contributed by atoms with van der Waals surface area (Å²) in [6.07, 6.45) is 1.43. The highest BCUT2D eigenvalue weighted by molar-refractivity contribution is 6.00. The van der Waals surface area contributed by atoms with Crippen molar-refractivity contribution in [3.05, 3.63) is 40.2 Å². The standard InChI is InChI=1S/C14H15N3O4/c1-8-6-9-10(7-15-8)12(17(20)21)5-4-11(9)16-14(2,3)13(18)19/h4-7,16H,1-3H3,(H,18,19). The monoisotopic (exact) mass is 289 g/mol. The van der Waals surface area contributed by atoms with Gasteiger partial charge in [0.05, 0.1) is 10.3 Å². The Morgan fingerprint density at radius 1 is 1.38 bits per heavy atom. The maximum absolute atomic E-state index is 11.2. The lowest BCUT2D eigenvalue weighted by Gasteiger charge is -2.23. The minimum Gasteiger partial charge on any atom is -0.480 e. The van der Waals surface area contributed by atoms with Gasteiger partial charge in [-0.25, -0.2) is 4.79 Å². The molecule has 1 heterocycles. The van der Waals surface area contributed by atoms with E-state index in [0.29, 0.717) is 22.2 Å². The number of fused-ring (bicyclic) bond motifs is 1. The molecule has 21 heavy (non-hydrogen) atoms. The van der Waals surface area contributed by atoms with Crippen LogP contribution >= 0.6 is 0 Å². The van der Waals surface area contributed by atoms with Crippen molar-refractivity contribution >= 4 is 28.1 Å². The molecular formula is C14H15N3O4. The van der Waals surface area contributed by atoms with Gasteiger partial charge in [-0.2, -0.15) is 0 Å². The Hall–Kier alpha value is -2.70. The van der Waals surface area contributed by atoms with Crippen molar-refractivity contribution in [3.8, 4) is 0 Å². The minimum absolute atomic E-state index is 0.0591. The number of nitrogens with zero attached hydrogens (tertiary/aromatic N) is 2. The summed E-state index contributed by atoms with van der Waals surface area (Å²) in [5.41, 5.74) is -0.0379. The number of carboxylic acid groups (broad SMARTS) is 1. The number of non-ortho nitro benzene ring substituents is 1. The number of aryl methyl sites for hydroxylation is 1. The van der Waals surface area contributed by atoms with Crippen LogP contribution < -0.4 is 5.32 Å². The number of nitrogens with one attached hydrogen (secondary N) is 1. The Balaban J connectivity index is 2.66. The summed E-state index contributed by atoms with van der Waals surface area (Å²) in [7, 11) is 0. The Kier molecular flexibility index (Phi) is 3.51. The first-order valence-corrected chi connectivity index (χ1v) is 6.28. The number of anilines is 1. The highest BCUT2D eigenvalue weighted by atomic mass is 16.6. The predicted octanol–water partition coefficient (Wildman–Crippen LogP) is 2.73. The van der Waals surface area contributed by atoms with Crippen molar-refractivity contribution in [2.45, 2.75) is 26.3 Å². The molecule has 0 amide bonds. The largest absolute Gasteiger partial charge is 0.480 e. The van der Waals surface area contributed by atoms with Gasteiger partial charge in [0.1, 0.15) is 5.54 Å². The van der Waals surface area contributed by atoms with E-state index in [1.807, 2.05) is 0 Å². The summed E-state index contributed by atoms with van der Waals surface area (Å²) in [4.78, 5) is 25.9. The quantitative estimate of drug-likeness (QED) is 0.662. The third kappa shape index (κ3) is 2.76. The number of aliphatic carboxylic acids is 1. The zero-order chi connectivity index (χ0) is 15.8. The number of carbonyl (C=O) groups is 1. The molecule has 0 aliphatic rings. The summed E-state index contributed by atoms with van der Waals surface area (Å²) < 4.78 is 0. The maximum Gasteiger partial charge on any atom is 0.328 e. The Morgan fingerprint density at radius 2 is 2.05 bits per heavy atom. The second kappa shape index (κ2) is 5.01. The van der Waals surface area contributed by atoms with E-state index < -0.39 is 16.4 Å². The van der Waals surface area contributed by atoms with Gasteiger partial charge in [0, 0.05) is 29.0 Å². The van der Waals surface area contributed by atoms with Crippen molar-refractivity contribution in [1.82, 2.24) is 4.98 Å². The van der Waals surface area contributed by atoms with Gasteiger partial charge in [0.25, 0.3) is 5.69 Å². The molecule has 7 heteroatoms. The minimum atomic E-state index is -1.19. The summed E-state index contributed by atoms with van der Waals surface area (Å²) in [6, 6.07) is 4.56. The normalized spacial score (nSPS) is 11.4. The number of nitro benzene ring substituents is 1. The van der Waals surface area contributed by atoms with Crippen LogP contribution in [-0.4, -0.2) is 26.5 Å². The topological polar surface area (TPSA) is 105 Å². The van der Waals surface area contributed by atoms with E-state index in [4.69, 9.17) is 0 Å². The zero-order valence-electron chi connectivity index (χ0n) is 11.9. The van der Waals surface area contributed by atoms with Gasteiger partial charge in [-0.15, -0.1) is 0 Å². The van der Waals surface area contributed by atoms with E-state index in [1.165, 1.54) is 32.2 Å². The van der Waals surface area contributed by atoms with Gasteiger partial charge in [-0.1, -0.05) is 0 Å². The van der Waals surface area contributed by atoms with E-state index in [2.05, 4.69) is 10.3 Å². The number of rotatable bonds is 4. The smallest absolute Gasteiger partial charge is 0.328 e. The number of aromatic nitrogens is 1. The molecule has 0 spiro atoms. The lowest BCUT2D eigenvalue weighted by molar-refractivity contribution is -0.383. The SMILES string of the molecule is Cc1cc2c(NC(C)(C)C(=O)O)ccc([N+](=O)[O-])c2cn1. The molecule has 0 saturated heterocycles. The maximum atomic E-state index is 11.2. The van der Waals surface area contributed by atoms with Crippen molar-refractivity contribution in [2.24, 2.45) is 0 Å². The second-order valence-electron chi connectivity index (χ2n) is 5.32. The third-order valence-electron chi connectivity index (χ3n) is 3.19. The van der Waals surface area contributed by atoms with E-state index in [9.17, 15) is 20.0 Å². The van der Waals surface area contributed by atoms with Crippen LogP contribution in [0.25, 0.3) is 10.8 Å². The molecule has 0 radical (unpaired) electrons. The fourth-order valence-electron chi connectivity index (χ4n) is 1.99. The highest BCUT2D eigenvalue weighted by Gasteiger charge is 2.28. The molecule has 2 aromatic rings. The Bertz CT molecular complexity index is 740. The first-order chi connectivity index (χ1) is 9.72. The number of hydrogen-bond donors (Lipinski definition) is 2. The number of hydrogen-bond acceptors (Lipinski definition) is 5. The molecule has 2 N–H and O–H groups in total. The molecule has 1 aromatic heterocycles. The molecule has 0 bridgehead atoms. The highest BCUT2D eigenvalue weighted by Crippen LogP contribution is 2.32. The summed E-state index contributed by atoms with van der Waals surface area (Å²) >= 11 is 0. The first kappa shape index (κ1) is 14.7. The zero-order valence-corrected chi connectivity index (χ0v) is 11.9. The molecule has 0 saturated carbocycles. The number of pyridine rings is 1. The van der Waals surface area contributed by atoms with Crippen LogP contribution in [0.15, 0.2) is 24.4 Å². The summed E-state index contributed by atoms with van der Waals surface area (Å²) in [5, 5.41) is 24.1. The average molecular weight is 289 g/mol. The van der Waals surface area contributed by atoms with Crippen LogP contribution in [0.1, 0.15) is 19.5 Å². The van der Waals surface area contributed by atoms with Crippen molar-refractivity contribution in [1.29, 1.82) is 0 Å². The second-order valence-corrected chi connectivity index (χ2v) is 5.32. The third-order valence-corrected chi connectivity index (χ3v) is 3.19. The van der Waals surface area contributed by atoms with E-state index in [0.717, 1.165) is 0 Å². The molecule has 0 aliphatic carbocycles. The lowest BCUT2D eigenvalue weighted by atomic mass is 10.0. The van der Waals surface area contributed by atoms with Crippen LogP contribution in [0.2, 0.25) is 0 Å². The molecule has 0 aliphatic heterocycles.